The van der Waals surface area contributed by atoms with Crippen molar-refractivity contribution in [2.45, 2.75) is 45.4 Å². The zero-order valence-corrected chi connectivity index (χ0v) is 12.7. The van der Waals surface area contributed by atoms with E-state index in [0.717, 1.165) is 32.5 Å². The first-order valence-electron chi connectivity index (χ1n) is 7.82. The van der Waals surface area contributed by atoms with Gasteiger partial charge in [0.05, 0.1) is 0 Å². The molecular weight excluding hydrogens is 260 g/mol. The van der Waals surface area contributed by atoms with Gasteiger partial charge in [-0.2, -0.15) is 17.0 Å². The number of hydrogen-bond donors (Lipinski definition) is 0. The molecule has 0 radical (unpaired) electrons. The fourth-order valence-electron chi connectivity index (χ4n) is 4.07. The highest BCUT2D eigenvalue weighted by Crippen LogP contribution is 2.38. The van der Waals surface area contributed by atoms with Crippen LogP contribution in [-0.2, 0) is 10.2 Å². The molecule has 0 spiro atoms. The number of fused-ring (bicyclic) bond motifs is 1. The van der Waals surface area contributed by atoms with E-state index in [1.54, 1.807) is 8.61 Å². The van der Waals surface area contributed by atoms with E-state index in [1.165, 1.54) is 25.7 Å². The number of piperidine rings is 1. The molecule has 1 saturated carbocycles. The van der Waals surface area contributed by atoms with Gasteiger partial charge in [0.15, 0.2) is 0 Å². The molecule has 3 rings (SSSR count). The molecule has 4 nitrogen and oxygen atoms in total. The Kier molecular flexibility index (Phi) is 3.89. The molecule has 0 aromatic heterocycles. The molecule has 2 heterocycles. The molecule has 2 aliphatic heterocycles. The molecular formula is C14H26N2O2S. The van der Waals surface area contributed by atoms with Gasteiger partial charge in [-0.15, -0.1) is 0 Å². The Morgan fingerprint density at radius 2 is 1.47 bits per heavy atom. The summed E-state index contributed by atoms with van der Waals surface area (Å²) < 4.78 is 29.0. The van der Waals surface area contributed by atoms with Crippen molar-refractivity contribution in [3.63, 3.8) is 0 Å². The standard InChI is InChI=1S/C14H26N2O2S/c1-12-5-4-8-15(9-12)19(17,18)16-10-13-6-2-3-7-14(13)11-16/h12-14H,2-11H2,1H3. The quantitative estimate of drug-likeness (QED) is 0.780. The van der Waals surface area contributed by atoms with Gasteiger partial charge in [0.1, 0.15) is 0 Å². The van der Waals surface area contributed by atoms with E-state index in [2.05, 4.69) is 6.92 Å². The fourth-order valence-corrected chi connectivity index (χ4v) is 5.96. The molecule has 3 atom stereocenters. The highest BCUT2D eigenvalue weighted by Gasteiger charge is 2.42. The molecule has 1 aliphatic carbocycles. The molecule has 110 valence electrons. The van der Waals surface area contributed by atoms with E-state index < -0.39 is 10.2 Å². The first-order valence-corrected chi connectivity index (χ1v) is 9.22. The predicted molar refractivity (Wildman–Crippen MR) is 75.9 cm³/mol. The van der Waals surface area contributed by atoms with Crippen LogP contribution >= 0.6 is 0 Å². The maximum absolute atomic E-state index is 12.7. The third kappa shape index (κ3) is 2.69. The molecule has 3 aliphatic rings. The average Bonchev–Trinajstić information content (AvgIpc) is 2.83. The smallest absolute Gasteiger partial charge is 0.195 e. The average molecular weight is 286 g/mol. The van der Waals surface area contributed by atoms with E-state index in [4.69, 9.17) is 0 Å². The molecule has 19 heavy (non-hydrogen) atoms. The van der Waals surface area contributed by atoms with Crippen LogP contribution in [0.25, 0.3) is 0 Å². The second-order valence-electron chi connectivity index (χ2n) is 6.73. The third-order valence-corrected chi connectivity index (χ3v) is 7.15. The van der Waals surface area contributed by atoms with Crippen LogP contribution in [0.3, 0.4) is 0 Å². The topological polar surface area (TPSA) is 40.6 Å². The van der Waals surface area contributed by atoms with Gasteiger partial charge >= 0.3 is 0 Å². The van der Waals surface area contributed by atoms with Crippen molar-refractivity contribution in [2.75, 3.05) is 26.2 Å². The second kappa shape index (κ2) is 5.34. The van der Waals surface area contributed by atoms with E-state index in [9.17, 15) is 8.42 Å². The van der Waals surface area contributed by atoms with E-state index in [0.29, 0.717) is 24.3 Å². The summed E-state index contributed by atoms with van der Waals surface area (Å²) >= 11 is 0. The van der Waals surface area contributed by atoms with Crippen LogP contribution < -0.4 is 0 Å². The first-order chi connectivity index (χ1) is 9.07. The van der Waals surface area contributed by atoms with E-state index in [-0.39, 0.29) is 0 Å². The molecule has 0 amide bonds. The predicted octanol–water partition coefficient (Wildman–Crippen LogP) is 2.09. The Bertz CT molecular complexity index is 409. The summed E-state index contributed by atoms with van der Waals surface area (Å²) in [5, 5.41) is 0. The minimum atomic E-state index is -3.19. The highest BCUT2D eigenvalue weighted by molar-refractivity contribution is 7.86. The molecule has 2 saturated heterocycles. The van der Waals surface area contributed by atoms with Gasteiger partial charge in [-0.3, -0.25) is 0 Å². The summed E-state index contributed by atoms with van der Waals surface area (Å²) in [6.45, 7) is 5.15. The monoisotopic (exact) mass is 286 g/mol. The SMILES string of the molecule is CC1CCCN(S(=O)(=O)N2CC3CCCCC3C2)C1. The lowest BCUT2D eigenvalue weighted by Gasteiger charge is -2.33. The van der Waals surface area contributed by atoms with Crippen LogP contribution in [0.15, 0.2) is 0 Å². The van der Waals surface area contributed by atoms with Crippen LogP contribution in [0.2, 0.25) is 0 Å². The minimum absolute atomic E-state index is 0.508. The Morgan fingerprint density at radius 3 is 2.05 bits per heavy atom. The van der Waals surface area contributed by atoms with Crippen molar-refractivity contribution in [3.8, 4) is 0 Å². The molecule has 5 heteroatoms. The number of rotatable bonds is 2. The van der Waals surface area contributed by atoms with E-state index >= 15 is 0 Å². The summed E-state index contributed by atoms with van der Waals surface area (Å²) in [5.74, 6) is 1.77. The Balaban J connectivity index is 1.70. The van der Waals surface area contributed by atoms with Crippen molar-refractivity contribution >= 4 is 10.2 Å². The van der Waals surface area contributed by atoms with Gasteiger partial charge in [-0.25, -0.2) is 0 Å². The Morgan fingerprint density at radius 1 is 0.842 bits per heavy atom. The molecule has 3 fully saturated rings. The summed E-state index contributed by atoms with van der Waals surface area (Å²) in [4.78, 5) is 0. The molecule has 0 aromatic rings. The van der Waals surface area contributed by atoms with Crippen molar-refractivity contribution in [2.24, 2.45) is 17.8 Å². The lowest BCUT2D eigenvalue weighted by atomic mass is 9.82. The lowest BCUT2D eigenvalue weighted by Crippen LogP contribution is -2.47. The van der Waals surface area contributed by atoms with Crippen LogP contribution in [0.4, 0.5) is 0 Å². The van der Waals surface area contributed by atoms with Gasteiger partial charge < -0.3 is 0 Å². The van der Waals surface area contributed by atoms with Crippen molar-refractivity contribution in [1.82, 2.24) is 8.61 Å². The van der Waals surface area contributed by atoms with Crippen molar-refractivity contribution < 1.29 is 8.42 Å². The molecule has 3 unspecified atom stereocenters. The van der Waals surface area contributed by atoms with Crippen LogP contribution in [0, 0.1) is 17.8 Å². The van der Waals surface area contributed by atoms with Gasteiger partial charge in [-0.05, 0) is 43.4 Å². The van der Waals surface area contributed by atoms with Gasteiger partial charge in [-0.1, -0.05) is 19.8 Å². The largest absolute Gasteiger partial charge is 0.282 e. The number of hydrogen-bond acceptors (Lipinski definition) is 2. The Hall–Kier alpha value is -0.130. The van der Waals surface area contributed by atoms with Crippen LogP contribution in [-0.4, -0.2) is 43.2 Å². The summed E-state index contributed by atoms with van der Waals surface area (Å²) in [5.41, 5.74) is 0. The third-order valence-electron chi connectivity index (χ3n) is 5.22. The molecule has 0 aromatic carbocycles. The van der Waals surface area contributed by atoms with Crippen LogP contribution in [0.5, 0.6) is 0 Å². The maximum atomic E-state index is 12.7. The van der Waals surface area contributed by atoms with Crippen LogP contribution in [0.1, 0.15) is 45.4 Å². The van der Waals surface area contributed by atoms with Gasteiger partial charge in [0.2, 0.25) is 0 Å². The Labute approximate surface area is 117 Å². The summed E-state index contributed by atoms with van der Waals surface area (Å²) in [6, 6.07) is 0. The zero-order valence-electron chi connectivity index (χ0n) is 11.9. The molecule has 0 bridgehead atoms. The maximum Gasteiger partial charge on any atom is 0.282 e. The van der Waals surface area contributed by atoms with Gasteiger partial charge in [0, 0.05) is 26.2 Å². The fraction of sp³-hybridized carbons (Fsp3) is 1.00. The minimum Gasteiger partial charge on any atom is -0.195 e. The van der Waals surface area contributed by atoms with Crippen molar-refractivity contribution in [1.29, 1.82) is 0 Å². The normalized spacial score (nSPS) is 38.3. The summed E-state index contributed by atoms with van der Waals surface area (Å²) in [7, 11) is -3.19. The number of nitrogens with zero attached hydrogens (tertiary/aromatic N) is 2. The highest BCUT2D eigenvalue weighted by atomic mass is 32.2. The van der Waals surface area contributed by atoms with Crippen molar-refractivity contribution in [3.05, 3.63) is 0 Å². The summed E-state index contributed by atoms with van der Waals surface area (Å²) in [6.07, 6.45) is 7.21. The first kappa shape index (κ1) is 13.8. The lowest BCUT2D eigenvalue weighted by molar-refractivity contribution is 0.262. The zero-order chi connectivity index (χ0) is 13.5. The molecule has 0 N–H and O–H groups in total. The van der Waals surface area contributed by atoms with Gasteiger partial charge in [0.25, 0.3) is 10.2 Å². The second-order valence-corrected chi connectivity index (χ2v) is 8.66. The van der Waals surface area contributed by atoms with E-state index in [1.807, 2.05) is 0 Å².